The van der Waals surface area contributed by atoms with E-state index in [9.17, 15) is 4.79 Å². The van der Waals surface area contributed by atoms with Gasteiger partial charge in [0.25, 0.3) is 0 Å². The number of hydrogen-bond donors (Lipinski definition) is 1. The van der Waals surface area contributed by atoms with E-state index in [1.165, 1.54) is 11.3 Å². The molecule has 2 rings (SSSR count). The van der Waals surface area contributed by atoms with E-state index in [1.807, 2.05) is 0 Å². The molecule has 2 nitrogen and oxygen atoms in total. The Hall–Kier alpha value is -0.770. The normalized spacial score (nSPS) is 10.7. The van der Waals surface area contributed by atoms with Crippen molar-refractivity contribution in [3.63, 3.8) is 0 Å². The number of fused-ring (bicyclic) bond motifs is 1. The highest BCUT2D eigenvalue weighted by atomic mass is 35.5. The zero-order chi connectivity index (χ0) is 10.3. The van der Waals surface area contributed by atoms with Crippen LogP contribution < -0.4 is 0 Å². The van der Waals surface area contributed by atoms with E-state index in [0.717, 1.165) is 10.1 Å². The number of halogens is 2. The van der Waals surface area contributed by atoms with Crippen molar-refractivity contribution in [3.8, 4) is 0 Å². The van der Waals surface area contributed by atoms with Gasteiger partial charge in [0.05, 0.1) is 10.0 Å². The molecule has 0 bridgehead atoms. The average molecular weight is 247 g/mol. The van der Waals surface area contributed by atoms with E-state index in [0.29, 0.717) is 14.9 Å². The third-order valence-electron chi connectivity index (χ3n) is 1.77. The monoisotopic (exact) mass is 246 g/mol. The van der Waals surface area contributed by atoms with Gasteiger partial charge in [0.15, 0.2) is 0 Å². The molecule has 0 amide bonds. The van der Waals surface area contributed by atoms with Gasteiger partial charge in [0.2, 0.25) is 0 Å². The van der Waals surface area contributed by atoms with Gasteiger partial charge in [-0.25, -0.2) is 4.79 Å². The van der Waals surface area contributed by atoms with E-state index in [1.54, 1.807) is 18.2 Å². The standard InChI is InChI=1S/C9H4Cl2O2S/c10-5-1-4-2-8(9(12)13)14-7(4)3-6(5)11/h1-3H,(H,12,13). The fourth-order valence-corrected chi connectivity index (χ4v) is 2.46. The van der Waals surface area contributed by atoms with Crippen molar-refractivity contribution >= 4 is 50.6 Å². The van der Waals surface area contributed by atoms with Gasteiger partial charge in [-0.1, -0.05) is 23.2 Å². The Morgan fingerprint density at radius 3 is 2.50 bits per heavy atom. The Morgan fingerprint density at radius 2 is 1.86 bits per heavy atom. The Labute approximate surface area is 93.7 Å². The summed E-state index contributed by atoms with van der Waals surface area (Å²) in [5.74, 6) is -0.932. The number of aromatic carboxylic acids is 1. The zero-order valence-electron chi connectivity index (χ0n) is 6.75. The number of carbonyl (C=O) groups is 1. The molecule has 0 aliphatic rings. The minimum atomic E-state index is -0.932. The quantitative estimate of drug-likeness (QED) is 0.829. The minimum absolute atomic E-state index is 0.290. The highest BCUT2D eigenvalue weighted by molar-refractivity contribution is 7.20. The molecule has 1 heterocycles. The van der Waals surface area contributed by atoms with Gasteiger partial charge in [-0.3, -0.25) is 0 Å². The van der Waals surface area contributed by atoms with Crippen LogP contribution in [0.25, 0.3) is 10.1 Å². The number of thiophene rings is 1. The first-order chi connectivity index (χ1) is 6.58. The minimum Gasteiger partial charge on any atom is -0.477 e. The smallest absolute Gasteiger partial charge is 0.345 e. The molecule has 5 heteroatoms. The van der Waals surface area contributed by atoms with Crippen LogP contribution in [0.2, 0.25) is 10.0 Å². The summed E-state index contributed by atoms with van der Waals surface area (Å²) in [6.45, 7) is 0. The van der Waals surface area contributed by atoms with Crippen LogP contribution in [0.4, 0.5) is 0 Å². The molecule has 2 aromatic rings. The summed E-state index contributed by atoms with van der Waals surface area (Å²) in [6.07, 6.45) is 0. The van der Waals surface area contributed by atoms with Crippen LogP contribution in [0.1, 0.15) is 9.67 Å². The van der Waals surface area contributed by atoms with Gasteiger partial charge in [0.1, 0.15) is 4.88 Å². The predicted molar refractivity (Wildman–Crippen MR) is 58.8 cm³/mol. The van der Waals surface area contributed by atoms with Crippen LogP contribution in [0.3, 0.4) is 0 Å². The van der Waals surface area contributed by atoms with Crippen molar-refractivity contribution < 1.29 is 9.90 Å². The van der Waals surface area contributed by atoms with Gasteiger partial charge in [-0.05, 0) is 23.6 Å². The molecule has 0 atom stereocenters. The van der Waals surface area contributed by atoms with E-state index in [2.05, 4.69) is 0 Å². The first-order valence-corrected chi connectivity index (χ1v) is 5.27. The molecular weight excluding hydrogens is 243 g/mol. The maximum atomic E-state index is 10.7. The fraction of sp³-hybridized carbons (Fsp3) is 0. The summed E-state index contributed by atoms with van der Waals surface area (Å²) in [5, 5.41) is 10.5. The molecule has 1 aromatic heterocycles. The summed E-state index contributed by atoms with van der Waals surface area (Å²) < 4.78 is 0.830. The molecule has 1 aromatic carbocycles. The summed E-state index contributed by atoms with van der Waals surface area (Å²) in [7, 11) is 0. The van der Waals surface area contributed by atoms with Crippen LogP contribution in [-0.4, -0.2) is 11.1 Å². The summed E-state index contributed by atoms with van der Waals surface area (Å²) in [6, 6.07) is 4.93. The highest BCUT2D eigenvalue weighted by Gasteiger charge is 2.09. The highest BCUT2D eigenvalue weighted by Crippen LogP contribution is 2.32. The lowest BCUT2D eigenvalue weighted by molar-refractivity contribution is 0.0702. The molecule has 14 heavy (non-hydrogen) atoms. The Morgan fingerprint density at radius 1 is 1.21 bits per heavy atom. The third-order valence-corrected chi connectivity index (χ3v) is 3.58. The largest absolute Gasteiger partial charge is 0.477 e. The van der Waals surface area contributed by atoms with E-state index in [4.69, 9.17) is 28.3 Å². The first kappa shape index (κ1) is 9.77. The molecule has 0 spiro atoms. The molecule has 0 saturated carbocycles. The summed E-state index contributed by atoms with van der Waals surface area (Å²) in [4.78, 5) is 11.0. The van der Waals surface area contributed by atoms with Crippen LogP contribution in [0.15, 0.2) is 18.2 Å². The molecule has 0 aliphatic heterocycles. The summed E-state index contributed by atoms with van der Waals surface area (Å²) >= 11 is 12.8. The van der Waals surface area contributed by atoms with E-state index in [-0.39, 0.29) is 0 Å². The number of carboxylic acid groups (broad SMARTS) is 1. The zero-order valence-corrected chi connectivity index (χ0v) is 9.08. The number of benzene rings is 1. The van der Waals surface area contributed by atoms with Crippen molar-refractivity contribution in [1.82, 2.24) is 0 Å². The van der Waals surface area contributed by atoms with Crippen molar-refractivity contribution in [1.29, 1.82) is 0 Å². The maximum Gasteiger partial charge on any atom is 0.345 e. The second-order valence-corrected chi connectivity index (χ2v) is 4.62. The number of rotatable bonds is 1. The van der Waals surface area contributed by atoms with Crippen LogP contribution >= 0.6 is 34.5 Å². The van der Waals surface area contributed by atoms with Crippen molar-refractivity contribution in [2.24, 2.45) is 0 Å². The first-order valence-electron chi connectivity index (χ1n) is 3.70. The molecule has 72 valence electrons. The fourth-order valence-electron chi connectivity index (χ4n) is 1.14. The lowest BCUT2D eigenvalue weighted by Gasteiger charge is -1.93. The van der Waals surface area contributed by atoms with E-state index >= 15 is 0 Å². The lowest BCUT2D eigenvalue weighted by atomic mass is 10.2. The van der Waals surface area contributed by atoms with Gasteiger partial charge >= 0.3 is 5.97 Å². The van der Waals surface area contributed by atoms with E-state index < -0.39 is 5.97 Å². The molecule has 1 N–H and O–H groups in total. The third kappa shape index (κ3) is 1.59. The van der Waals surface area contributed by atoms with Gasteiger partial charge in [-0.15, -0.1) is 11.3 Å². The Bertz CT molecular complexity index is 480. The van der Waals surface area contributed by atoms with Crippen LogP contribution in [0, 0.1) is 0 Å². The van der Waals surface area contributed by atoms with Gasteiger partial charge in [-0.2, -0.15) is 0 Å². The Balaban J connectivity index is 2.72. The average Bonchev–Trinajstić information content (AvgIpc) is 2.48. The van der Waals surface area contributed by atoms with Crippen molar-refractivity contribution in [2.75, 3.05) is 0 Å². The Kier molecular flexibility index (Phi) is 2.39. The molecule has 0 fully saturated rings. The molecular formula is C9H4Cl2O2S. The van der Waals surface area contributed by atoms with Crippen molar-refractivity contribution in [2.45, 2.75) is 0 Å². The maximum absolute atomic E-state index is 10.7. The molecule has 0 radical (unpaired) electrons. The van der Waals surface area contributed by atoms with Crippen LogP contribution in [-0.2, 0) is 0 Å². The number of carboxylic acids is 1. The summed E-state index contributed by atoms with van der Waals surface area (Å²) in [5.41, 5.74) is 0. The second-order valence-electron chi connectivity index (χ2n) is 2.72. The molecule has 0 aliphatic carbocycles. The SMILES string of the molecule is O=C(O)c1cc2cc(Cl)c(Cl)cc2s1. The van der Waals surface area contributed by atoms with Gasteiger partial charge < -0.3 is 5.11 Å². The molecule has 0 unspecified atom stereocenters. The second kappa shape index (κ2) is 3.42. The molecule has 0 saturated heterocycles. The topological polar surface area (TPSA) is 37.3 Å². The van der Waals surface area contributed by atoms with Crippen molar-refractivity contribution in [3.05, 3.63) is 33.1 Å². The lowest BCUT2D eigenvalue weighted by Crippen LogP contribution is -1.89. The number of hydrogen-bond acceptors (Lipinski definition) is 2. The van der Waals surface area contributed by atoms with Crippen LogP contribution in [0.5, 0.6) is 0 Å². The predicted octanol–water partition coefficient (Wildman–Crippen LogP) is 3.91. The van der Waals surface area contributed by atoms with Gasteiger partial charge in [0, 0.05) is 4.70 Å².